The molecule has 25 heavy (non-hydrogen) atoms. The first-order valence-corrected chi connectivity index (χ1v) is 7.68. The lowest BCUT2D eigenvalue weighted by Crippen LogP contribution is -2.34. The number of anilines is 1. The van der Waals surface area contributed by atoms with Crippen LogP contribution in [-0.2, 0) is 0 Å². The number of ether oxygens (including phenoxy) is 2. The molecule has 10 heteroatoms. The number of amides is 1. The molecule has 128 valence electrons. The lowest BCUT2D eigenvalue weighted by molar-refractivity contribution is -0.383. The molecule has 2 N–H and O–H groups in total. The molecule has 0 atom stereocenters. The minimum Gasteiger partial charge on any atom is -0.454 e. The van der Waals surface area contributed by atoms with Gasteiger partial charge >= 0.3 is 0 Å². The van der Waals surface area contributed by atoms with Crippen LogP contribution in [0.3, 0.4) is 0 Å². The molecule has 1 heterocycles. The zero-order chi connectivity index (χ0) is 18.0. The van der Waals surface area contributed by atoms with Crippen molar-refractivity contribution in [2.75, 3.05) is 12.1 Å². The highest BCUT2D eigenvalue weighted by molar-refractivity contribution is 7.80. The molecule has 0 bridgehead atoms. The van der Waals surface area contributed by atoms with Gasteiger partial charge in [0.1, 0.15) is 5.69 Å². The third kappa shape index (κ3) is 3.78. The molecule has 0 unspecified atom stereocenters. The fourth-order valence-electron chi connectivity index (χ4n) is 2.13. The standard InChI is InChI=1S/C15H10ClN3O5S/c16-9-2-3-10(11(6-9)19(21)22)17-15(25)18-14(20)8-1-4-12-13(5-8)24-7-23-12/h1-6H,7H2,(H2,17,18,20,25). The van der Waals surface area contributed by atoms with E-state index in [2.05, 4.69) is 10.6 Å². The van der Waals surface area contributed by atoms with E-state index in [0.29, 0.717) is 17.1 Å². The van der Waals surface area contributed by atoms with Gasteiger partial charge in [0.05, 0.1) is 4.92 Å². The van der Waals surface area contributed by atoms with E-state index in [1.807, 2.05) is 0 Å². The van der Waals surface area contributed by atoms with Crippen LogP contribution in [0.1, 0.15) is 10.4 Å². The molecular weight excluding hydrogens is 370 g/mol. The van der Waals surface area contributed by atoms with Crippen molar-refractivity contribution in [1.29, 1.82) is 0 Å². The summed E-state index contributed by atoms with van der Waals surface area (Å²) in [6, 6.07) is 8.74. The third-order valence-electron chi connectivity index (χ3n) is 3.27. The fourth-order valence-corrected chi connectivity index (χ4v) is 2.50. The van der Waals surface area contributed by atoms with Crippen LogP contribution < -0.4 is 20.1 Å². The quantitative estimate of drug-likeness (QED) is 0.479. The first-order chi connectivity index (χ1) is 11.9. The topological polar surface area (TPSA) is 103 Å². The van der Waals surface area contributed by atoms with Crippen LogP contribution in [0.2, 0.25) is 5.02 Å². The van der Waals surface area contributed by atoms with Crippen molar-refractivity contribution < 1.29 is 19.2 Å². The molecule has 0 saturated carbocycles. The van der Waals surface area contributed by atoms with Gasteiger partial charge in [0.25, 0.3) is 11.6 Å². The Morgan fingerprint density at radius 3 is 2.72 bits per heavy atom. The molecule has 0 aromatic heterocycles. The smallest absolute Gasteiger partial charge is 0.294 e. The largest absolute Gasteiger partial charge is 0.454 e. The minimum atomic E-state index is -0.601. The predicted molar refractivity (Wildman–Crippen MR) is 94.4 cm³/mol. The van der Waals surface area contributed by atoms with E-state index >= 15 is 0 Å². The molecule has 0 saturated heterocycles. The average Bonchev–Trinajstić information content (AvgIpc) is 3.03. The Hall–Kier alpha value is -2.91. The number of nitrogens with one attached hydrogen (secondary N) is 2. The first-order valence-electron chi connectivity index (χ1n) is 6.90. The zero-order valence-corrected chi connectivity index (χ0v) is 14.0. The van der Waals surface area contributed by atoms with Crippen LogP contribution in [0.4, 0.5) is 11.4 Å². The number of hydrogen-bond acceptors (Lipinski definition) is 6. The van der Waals surface area contributed by atoms with Crippen molar-refractivity contribution in [3.63, 3.8) is 0 Å². The van der Waals surface area contributed by atoms with E-state index in [-0.39, 0.29) is 28.3 Å². The summed E-state index contributed by atoms with van der Waals surface area (Å²) >= 11 is 10.8. The van der Waals surface area contributed by atoms with Gasteiger partial charge in [0.2, 0.25) is 6.79 Å². The summed E-state index contributed by atoms with van der Waals surface area (Å²) in [6.07, 6.45) is 0. The number of thiocarbonyl (C=S) groups is 1. The van der Waals surface area contributed by atoms with Gasteiger partial charge in [-0.1, -0.05) is 11.6 Å². The highest BCUT2D eigenvalue weighted by atomic mass is 35.5. The lowest BCUT2D eigenvalue weighted by Gasteiger charge is -2.10. The number of benzene rings is 2. The summed E-state index contributed by atoms with van der Waals surface area (Å²) < 4.78 is 10.4. The highest BCUT2D eigenvalue weighted by Crippen LogP contribution is 2.32. The monoisotopic (exact) mass is 379 g/mol. The Morgan fingerprint density at radius 2 is 1.96 bits per heavy atom. The molecule has 1 amide bonds. The van der Waals surface area contributed by atoms with Crippen molar-refractivity contribution in [2.24, 2.45) is 0 Å². The predicted octanol–water partition coefficient (Wildman–Crippen LogP) is 3.10. The van der Waals surface area contributed by atoms with Crippen molar-refractivity contribution in [2.45, 2.75) is 0 Å². The highest BCUT2D eigenvalue weighted by Gasteiger charge is 2.18. The van der Waals surface area contributed by atoms with Gasteiger partial charge in [0, 0.05) is 16.7 Å². The van der Waals surface area contributed by atoms with Crippen LogP contribution in [0.15, 0.2) is 36.4 Å². The van der Waals surface area contributed by atoms with Crippen LogP contribution >= 0.6 is 23.8 Å². The molecular formula is C15H10ClN3O5S. The molecule has 0 aliphatic carbocycles. The van der Waals surface area contributed by atoms with Crippen LogP contribution in [0.5, 0.6) is 11.5 Å². The molecule has 1 aliphatic heterocycles. The van der Waals surface area contributed by atoms with Gasteiger partial charge in [-0.15, -0.1) is 0 Å². The van der Waals surface area contributed by atoms with Gasteiger partial charge in [-0.2, -0.15) is 0 Å². The van der Waals surface area contributed by atoms with Crippen molar-refractivity contribution >= 4 is 46.2 Å². The maximum absolute atomic E-state index is 12.2. The molecule has 2 aromatic rings. The number of nitro benzene ring substituents is 1. The Morgan fingerprint density at radius 1 is 1.20 bits per heavy atom. The summed E-state index contributed by atoms with van der Waals surface area (Å²) in [5, 5.41) is 16.2. The van der Waals surface area contributed by atoms with Crippen molar-refractivity contribution in [3.8, 4) is 11.5 Å². The Labute approximate surface area is 151 Å². The number of hydrogen-bond donors (Lipinski definition) is 2. The minimum absolute atomic E-state index is 0.0897. The number of fused-ring (bicyclic) bond motifs is 1. The Balaban J connectivity index is 1.71. The average molecular weight is 380 g/mol. The number of nitrogens with zero attached hydrogens (tertiary/aromatic N) is 1. The molecule has 3 rings (SSSR count). The maximum atomic E-state index is 12.2. The van der Waals surface area contributed by atoms with Crippen LogP contribution in [0, 0.1) is 10.1 Å². The second-order valence-electron chi connectivity index (χ2n) is 4.89. The summed E-state index contributed by atoms with van der Waals surface area (Å²) in [7, 11) is 0. The van der Waals surface area contributed by atoms with Gasteiger partial charge in [-0.25, -0.2) is 0 Å². The summed E-state index contributed by atoms with van der Waals surface area (Å²) in [4.78, 5) is 22.7. The van der Waals surface area contributed by atoms with E-state index in [0.717, 1.165) is 0 Å². The molecule has 0 radical (unpaired) electrons. The number of nitro groups is 1. The Bertz CT molecular complexity index is 889. The number of rotatable bonds is 3. The SMILES string of the molecule is O=C(NC(=S)Nc1ccc(Cl)cc1[N+](=O)[O-])c1ccc2c(c1)OCO2. The second kappa shape index (κ2) is 6.91. The van der Waals surface area contributed by atoms with E-state index in [9.17, 15) is 14.9 Å². The van der Waals surface area contributed by atoms with E-state index in [1.54, 1.807) is 12.1 Å². The maximum Gasteiger partial charge on any atom is 0.294 e. The van der Waals surface area contributed by atoms with E-state index in [1.165, 1.54) is 24.3 Å². The van der Waals surface area contributed by atoms with Crippen molar-refractivity contribution in [3.05, 3.63) is 57.1 Å². The van der Waals surface area contributed by atoms with Gasteiger partial charge in [-0.05, 0) is 42.5 Å². The van der Waals surface area contributed by atoms with Crippen LogP contribution in [0.25, 0.3) is 0 Å². The first kappa shape index (κ1) is 16.9. The molecule has 0 fully saturated rings. The summed E-state index contributed by atoms with van der Waals surface area (Å²) in [5.41, 5.74) is 0.163. The van der Waals surface area contributed by atoms with Crippen molar-refractivity contribution in [1.82, 2.24) is 5.32 Å². The zero-order valence-electron chi connectivity index (χ0n) is 12.4. The normalized spacial score (nSPS) is 11.7. The summed E-state index contributed by atoms with van der Waals surface area (Å²) in [6.45, 7) is 0.0978. The molecule has 8 nitrogen and oxygen atoms in total. The lowest BCUT2D eigenvalue weighted by atomic mass is 10.2. The van der Waals surface area contributed by atoms with Gasteiger partial charge < -0.3 is 14.8 Å². The van der Waals surface area contributed by atoms with Gasteiger partial charge in [-0.3, -0.25) is 20.2 Å². The Kier molecular flexibility index (Phi) is 4.68. The number of carbonyl (C=O) groups is 1. The van der Waals surface area contributed by atoms with E-state index in [4.69, 9.17) is 33.3 Å². The second-order valence-corrected chi connectivity index (χ2v) is 5.74. The molecule has 1 aliphatic rings. The third-order valence-corrected chi connectivity index (χ3v) is 3.71. The fraction of sp³-hybridized carbons (Fsp3) is 0.0667. The van der Waals surface area contributed by atoms with Gasteiger partial charge in [0.15, 0.2) is 16.6 Å². The summed E-state index contributed by atoms with van der Waals surface area (Å²) in [5.74, 6) is 0.515. The molecule has 2 aromatic carbocycles. The number of carbonyl (C=O) groups excluding carboxylic acids is 1. The van der Waals surface area contributed by atoms with E-state index < -0.39 is 10.8 Å². The van der Waals surface area contributed by atoms with Crippen LogP contribution in [-0.4, -0.2) is 22.7 Å². The molecule has 0 spiro atoms. The number of halogens is 1.